The van der Waals surface area contributed by atoms with Crippen LogP contribution in [0.15, 0.2) is 30.5 Å². The molecule has 0 atom stereocenters. The third kappa shape index (κ3) is 1.89. The van der Waals surface area contributed by atoms with Crippen LogP contribution in [-0.4, -0.2) is 9.91 Å². The summed E-state index contributed by atoms with van der Waals surface area (Å²) in [4.78, 5) is 13.9. The summed E-state index contributed by atoms with van der Waals surface area (Å²) in [5, 5.41) is 11.3. The van der Waals surface area contributed by atoms with Crippen LogP contribution in [0.25, 0.3) is 10.9 Å². The maximum absolute atomic E-state index is 10.5. The van der Waals surface area contributed by atoms with Gasteiger partial charge < -0.3 is 0 Å². The van der Waals surface area contributed by atoms with Crippen molar-refractivity contribution in [3.05, 3.63) is 45.6 Å². The van der Waals surface area contributed by atoms with E-state index in [9.17, 15) is 10.1 Å². The second-order valence-electron chi connectivity index (χ2n) is 2.73. The van der Waals surface area contributed by atoms with Crippen LogP contribution in [0, 0.1) is 10.1 Å². The monoisotopic (exact) mass is 224 g/mol. The number of halogens is 1. The number of aromatic nitrogens is 1. The second kappa shape index (κ2) is 4.23. The van der Waals surface area contributed by atoms with E-state index in [1.165, 1.54) is 6.20 Å². The first-order valence-corrected chi connectivity index (χ1v) is 4.25. The number of hydrogen-bond acceptors (Lipinski definition) is 3. The molecule has 2 rings (SSSR count). The van der Waals surface area contributed by atoms with Crippen molar-refractivity contribution in [2.75, 3.05) is 0 Å². The van der Waals surface area contributed by atoms with Gasteiger partial charge in [0.15, 0.2) is 0 Å². The topological polar surface area (TPSA) is 56.0 Å². The number of benzene rings is 1. The Morgan fingerprint density at radius 3 is 2.67 bits per heavy atom. The van der Waals surface area contributed by atoms with Gasteiger partial charge in [-0.05, 0) is 6.07 Å². The molecule has 0 amide bonds. The Morgan fingerprint density at radius 1 is 1.33 bits per heavy atom. The zero-order chi connectivity index (χ0) is 10.1. The van der Waals surface area contributed by atoms with Gasteiger partial charge in [0.2, 0.25) is 0 Å². The summed E-state index contributed by atoms with van der Waals surface area (Å²) in [6.07, 6.45) is 1.17. The lowest BCUT2D eigenvalue weighted by molar-refractivity contribution is -0.384. The molecule has 5 heteroatoms. The summed E-state index contributed by atoms with van der Waals surface area (Å²) in [7, 11) is 0. The third-order valence-electron chi connectivity index (χ3n) is 1.89. The summed E-state index contributed by atoms with van der Waals surface area (Å²) < 4.78 is 0. The van der Waals surface area contributed by atoms with Crippen molar-refractivity contribution >= 4 is 28.2 Å². The molecule has 0 N–H and O–H groups in total. The Morgan fingerprint density at radius 2 is 2.00 bits per heavy atom. The van der Waals surface area contributed by atoms with Crippen molar-refractivity contribution in [1.29, 1.82) is 0 Å². The summed E-state index contributed by atoms with van der Waals surface area (Å²) in [6.45, 7) is 0. The third-order valence-corrected chi connectivity index (χ3v) is 2.29. The lowest BCUT2D eigenvalue weighted by atomic mass is 10.2. The highest BCUT2D eigenvalue weighted by Crippen LogP contribution is 2.30. The van der Waals surface area contributed by atoms with Crippen molar-refractivity contribution in [1.82, 2.24) is 4.98 Å². The van der Waals surface area contributed by atoms with Crippen molar-refractivity contribution in [3.63, 3.8) is 0 Å². The normalized spacial score (nSPS) is 9.67. The van der Waals surface area contributed by atoms with Crippen molar-refractivity contribution in [2.24, 2.45) is 0 Å². The van der Waals surface area contributed by atoms with E-state index in [-0.39, 0.29) is 18.1 Å². The molecular weight excluding hydrogens is 216 g/mol. The quantitative estimate of drug-likeness (QED) is 0.551. The first-order valence-electron chi connectivity index (χ1n) is 3.88. The molecule has 78 valence electrons. The van der Waals surface area contributed by atoms with Crippen LogP contribution in [0.1, 0.15) is 7.43 Å². The zero-order valence-electron chi connectivity index (χ0n) is 6.98. The lowest BCUT2D eigenvalue weighted by Crippen LogP contribution is -1.91. The zero-order valence-corrected chi connectivity index (χ0v) is 7.73. The van der Waals surface area contributed by atoms with Crippen LogP contribution in [0.2, 0.25) is 5.02 Å². The fraction of sp³-hybridized carbons (Fsp3) is 0.100. The maximum atomic E-state index is 10.5. The smallest absolute Gasteiger partial charge is 0.258 e. The summed E-state index contributed by atoms with van der Waals surface area (Å²) >= 11 is 5.85. The minimum Gasteiger partial charge on any atom is -0.258 e. The molecule has 1 aromatic heterocycles. The van der Waals surface area contributed by atoms with Crippen LogP contribution >= 0.6 is 11.6 Å². The molecule has 0 unspecified atom stereocenters. The highest BCUT2D eigenvalue weighted by atomic mass is 35.5. The van der Waals surface area contributed by atoms with Crippen molar-refractivity contribution in [3.8, 4) is 0 Å². The predicted octanol–water partition coefficient (Wildman–Crippen LogP) is 3.43. The average molecular weight is 225 g/mol. The molecular formula is C10H9ClN2O2. The highest BCUT2D eigenvalue weighted by molar-refractivity contribution is 6.37. The first-order chi connectivity index (χ1) is 6.70. The Bertz CT molecular complexity index is 514. The molecule has 2 aromatic rings. The molecule has 4 nitrogen and oxygen atoms in total. The van der Waals surface area contributed by atoms with Gasteiger partial charge in [-0.2, -0.15) is 0 Å². The maximum Gasteiger partial charge on any atom is 0.306 e. The van der Waals surface area contributed by atoms with E-state index in [4.69, 9.17) is 11.6 Å². The molecule has 15 heavy (non-hydrogen) atoms. The molecule has 0 spiro atoms. The molecule has 1 heterocycles. The number of rotatable bonds is 1. The minimum atomic E-state index is -0.540. The Balaban J connectivity index is 0.00000112. The molecule has 0 aliphatic rings. The van der Waals surface area contributed by atoms with E-state index >= 15 is 0 Å². The molecule has 1 aromatic carbocycles. The Kier molecular flexibility index (Phi) is 3.21. The van der Waals surface area contributed by atoms with E-state index in [0.717, 1.165) is 0 Å². The Labute approximate surface area is 91.7 Å². The van der Waals surface area contributed by atoms with Crippen LogP contribution < -0.4 is 0 Å². The van der Waals surface area contributed by atoms with E-state index in [0.29, 0.717) is 10.9 Å². The van der Waals surface area contributed by atoms with Gasteiger partial charge >= 0.3 is 5.69 Å². The molecule has 0 fully saturated rings. The SMILES string of the molecule is C.O=[N+]([O-])c1cnc2ccccc2c1Cl. The molecule has 0 saturated carbocycles. The highest BCUT2D eigenvalue weighted by Gasteiger charge is 2.15. The van der Waals surface area contributed by atoms with Crippen LogP contribution in [0.3, 0.4) is 0 Å². The van der Waals surface area contributed by atoms with Gasteiger partial charge in [0.05, 0.1) is 10.4 Å². The average Bonchev–Trinajstić information content (AvgIpc) is 2.18. The van der Waals surface area contributed by atoms with Gasteiger partial charge in [-0.25, -0.2) is 4.98 Å². The molecule has 0 bridgehead atoms. The van der Waals surface area contributed by atoms with Crippen molar-refractivity contribution < 1.29 is 4.92 Å². The standard InChI is InChI=1S/C9H5ClN2O2.CH4/c10-9-6-3-1-2-4-7(6)11-5-8(9)12(13)14;/h1-5H;1H4. The van der Waals surface area contributed by atoms with Crippen LogP contribution in [0.4, 0.5) is 5.69 Å². The fourth-order valence-corrected chi connectivity index (χ4v) is 1.50. The number of hydrogen-bond donors (Lipinski definition) is 0. The van der Waals surface area contributed by atoms with Crippen LogP contribution in [0.5, 0.6) is 0 Å². The molecule has 0 aliphatic heterocycles. The first kappa shape index (κ1) is 11.4. The van der Waals surface area contributed by atoms with Gasteiger partial charge in [0, 0.05) is 5.39 Å². The van der Waals surface area contributed by atoms with E-state index in [1.807, 2.05) is 0 Å². The summed E-state index contributed by atoms with van der Waals surface area (Å²) in [6, 6.07) is 7.03. The predicted molar refractivity (Wildman–Crippen MR) is 60.1 cm³/mol. The van der Waals surface area contributed by atoms with Gasteiger partial charge in [-0.3, -0.25) is 10.1 Å². The number of pyridine rings is 1. The van der Waals surface area contributed by atoms with E-state index in [1.54, 1.807) is 24.3 Å². The number of para-hydroxylation sites is 1. The summed E-state index contributed by atoms with van der Waals surface area (Å²) in [5.74, 6) is 0. The lowest BCUT2D eigenvalue weighted by Gasteiger charge is -1.99. The van der Waals surface area contributed by atoms with Gasteiger partial charge in [0.1, 0.15) is 11.2 Å². The molecule has 0 radical (unpaired) electrons. The minimum absolute atomic E-state index is 0. The molecule has 0 saturated heterocycles. The number of nitrogens with zero attached hydrogens (tertiary/aromatic N) is 2. The Hall–Kier alpha value is -1.68. The fourth-order valence-electron chi connectivity index (χ4n) is 1.22. The van der Waals surface area contributed by atoms with Gasteiger partial charge in [0.25, 0.3) is 0 Å². The second-order valence-corrected chi connectivity index (χ2v) is 3.11. The molecule has 0 aliphatic carbocycles. The number of fused-ring (bicyclic) bond motifs is 1. The van der Waals surface area contributed by atoms with Gasteiger partial charge in [-0.1, -0.05) is 37.2 Å². The largest absolute Gasteiger partial charge is 0.306 e. The summed E-state index contributed by atoms with van der Waals surface area (Å²) in [5.41, 5.74) is 0.494. The van der Waals surface area contributed by atoms with E-state index in [2.05, 4.69) is 4.98 Å². The van der Waals surface area contributed by atoms with Crippen molar-refractivity contribution in [2.45, 2.75) is 7.43 Å². The van der Waals surface area contributed by atoms with Gasteiger partial charge in [-0.15, -0.1) is 0 Å². The van der Waals surface area contributed by atoms with E-state index < -0.39 is 4.92 Å². The number of nitro groups is 1. The van der Waals surface area contributed by atoms with Crippen LogP contribution in [-0.2, 0) is 0 Å².